The van der Waals surface area contributed by atoms with Gasteiger partial charge in [-0.25, -0.2) is 14.8 Å². The van der Waals surface area contributed by atoms with E-state index in [0.717, 1.165) is 0 Å². The smallest absolute Gasteiger partial charge is 0.358 e. The second kappa shape index (κ2) is 8.84. The van der Waals surface area contributed by atoms with Crippen molar-refractivity contribution in [2.45, 2.75) is 19.8 Å². The lowest BCUT2D eigenvalue weighted by Crippen LogP contribution is -2.15. The first-order chi connectivity index (χ1) is 9.56. The first kappa shape index (κ1) is 16.8. The highest BCUT2D eigenvalue weighted by molar-refractivity contribution is 6.33. The fraction of sp³-hybridized carbons (Fsp3) is 0.615. The number of aromatic nitrogens is 2. The molecule has 0 atom stereocenters. The Labute approximate surface area is 123 Å². The molecule has 0 bridgehead atoms. The predicted octanol–water partition coefficient (Wildman–Crippen LogP) is 2.07. The van der Waals surface area contributed by atoms with E-state index in [1.807, 2.05) is 13.8 Å². The zero-order valence-corrected chi connectivity index (χ0v) is 12.6. The maximum atomic E-state index is 11.9. The Morgan fingerprint density at radius 1 is 1.30 bits per heavy atom. The monoisotopic (exact) mass is 302 g/mol. The van der Waals surface area contributed by atoms with Crippen molar-refractivity contribution < 1.29 is 19.0 Å². The van der Waals surface area contributed by atoms with Gasteiger partial charge in [0.25, 0.3) is 0 Å². The first-order valence-electron chi connectivity index (χ1n) is 6.32. The van der Waals surface area contributed by atoms with Crippen molar-refractivity contribution in [3.05, 3.63) is 22.7 Å². The van der Waals surface area contributed by atoms with Crippen LogP contribution in [0.5, 0.6) is 0 Å². The third-order valence-corrected chi connectivity index (χ3v) is 2.64. The molecule has 0 radical (unpaired) electrons. The number of carbonyl (C=O) groups excluding carboxylic acids is 1. The van der Waals surface area contributed by atoms with Gasteiger partial charge in [0.05, 0.1) is 31.0 Å². The standard InChI is InChI=1S/C13H19ClN2O4/c1-9(2)12-15-8-10(14)11(16-12)13(17)20-7-6-19-5-4-18-3/h8-9H,4-7H2,1-3H3. The summed E-state index contributed by atoms with van der Waals surface area (Å²) in [6, 6.07) is 0. The predicted molar refractivity (Wildman–Crippen MR) is 74.1 cm³/mol. The third kappa shape index (κ3) is 5.40. The average molecular weight is 303 g/mol. The first-order valence-corrected chi connectivity index (χ1v) is 6.70. The summed E-state index contributed by atoms with van der Waals surface area (Å²) in [5.41, 5.74) is 0.0854. The second-order valence-electron chi connectivity index (χ2n) is 4.32. The minimum absolute atomic E-state index is 0.0854. The summed E-state index contributed by atoms with van der Waals surface area (Å²) in [6.07, 6.45) is 1.41. The molecule has 0 spiro atoms. The van der Waals surface area contributed by atoms with Crippen LogP contribution < -0.4 is 0 Å². The van der Waals surface area contributed by atoms with E-state index in [2.05, 4.69) is 9.97 Å². The van der Waals surface area contributed by atoms with E-state index >= 15 is 0 Å². The van der Waals surface area contributed by atoms with Crippen LogP contribution in [0.2, 0.25) is 5.02 Å². The number of esters is 1. The van der Waals surface area contributed by atoms with Gasteiger partial charge in [0.2, 0.25) is 0 Å². The molecule has 7 heteroatoms. The summed E-state index contributed by atoms with van der Waals surface area (Å²) in [7, 11) is 1.59. The molecule has 0 unspecified atom stereocenters. The molecule has 1 heterocycles. The van der Waals surface area contributed by atoms with Gasteiger partial charge in [0, 0.05) is 13.0 Å². The molecule has 0 saturated carbocycles. The second-order valence-corrected chi connectivity index (χ2v) is 4.73. The number of rotatable bonds is 8. The number of methoxy groups -OCH3 is 1. The zero-order chi connectivity index (χ0) is 15.0. The Hall–Kier alpha value is -1.24. The lowest BCUT2D eigenvalue weighted by molar-refractivity contribution is 0.0209. The Bertz CT molecular complexity index is 440. The quantitative estimate of drug-likeness (QED) is 0.541. The minimum atomic E-state index is -0.574. The van der Waals surface area contributed by atoms with Gasteiger partial charge in [0.1, 0.15) is 12.4 Å². The molecule has 0 aliphatic heterocycles. The lowest BCUT2D eigenvalue weighted by Gasteiger charge is -2.08. The summed E-state index contributed by atoms with van der Waals surface area (Å²) in [5, 5.41) is 0.180. The highest BCUT2D eigenvalue weighted by Gasteiger charge is 2.16. The largest absolute Gasteiger partial charge is 0.458 e. The highest BCUT2D eigenvalue weighted by atomic mass is 35.5. The summed E-state index contributed by atoms with van der Waals surface area (Å²) in [6.45, 7) is 5.27. The van der Waals surface area contributed by atoms with E-state index < -0.39 is 5.97 Å². The van der Waals surface area contributed by atoms with Crippen LogP contribution in [0.3, 0.4) is 0 Å². The van der Waals surface area contributed by atoms with Gasteiger partial charge in [-0.2, -0.15) is 0 Å². The van der Waals surface area contributed by atoms with Crippen molar-refractivity contribution in [2.75, 3.05) is 33.5 Å². The lowest BCUT2D eigenvalue weighted by atomic mass is 10.2. The van der Waals surface area contributed by atoms with Crippen LogP contribution in [0.4, 0.5) is 0 Å². The molecule has 0 aliphatic carbocycles. The zero-order valence-electron chi connectivity index (χ0n) is 11.9. The topological polar surface area (TPSA) is 70.5 Å². The van der Waals surface area contributed by atoms with Gasteiger partial charge < -0.3 is 14.2 Å². The van der Waals surface area contributed by atoms with E-state index in [-0.39, 0.29) is 23.2 Å². The van der Waals surface area contributed by atoms with E-state index in [0.29, 0.717) is 25.6 Å². The van der Waals surface area contributed by atoms with Gasteiger partial charge >= 0.3 is 5.97 Å². The number of nitrogens with zero attached hydrogens (tertiary/aromatic N) is 2. The normalized spacial score (nSPS) is 10.8. The van der Waals surface area contributed by atoms with Crippen molar-refractivity contribution in [1.29, 1.82) is 0 Å². The van der Waals surface area contributed by atoms with Crippen LogP contribution >= 0.6 is 11.6 Å². The van der Waals surface area contributed by atoms with Crippen molar-refractivity contribution in [2.24, 2.45) is 0 Å². The molecule has 1 aromatic rings. The number of carbonyl (C=O) groups is 1. The Kier molecular flexibility index (Phi) is 7.43. The molecular weight excluding hydrogens is 284 g/mol. The maximum Gasteiger partial charge on any atom is 0.358 e. The fourth-order valence-electron chi connectivity index (χ4n) is 1.31. The summed E-state index contributed by atoms with van der Waals surface area (Å²) >= 11 is 5.90. The van der Waals surface area contributed by atoms with Crippen molar-refractivity contribution in [3.8, 4) is 0 Å². The number of ether oxygens (including phenoxy) is 3. The summed E-state index contributed by atoms with van der Waals surface area (Å²) in [5.74, 6) is 0.0866. The van der Waals surface area contributed by atoms with Crippen molar-refractivity contribution >= 4 is 17.6 Å². The van der Waals surface area contributed by atoms with Gasteiger partial charge in [-0.1, -0.05) is 25.4 Å². The van der Waals surface area contributed by atoms with Gasteiger partial charge in [-0.05, 0) is 0 Å². The van der Waals surface area contributed by atoms with Crippen LogP contribution in [0.15, 0.2) is 6.20 Å². The molecule has 0 saturated heterocycles. The van der Waals surface area contributed by atoms with Gasteiger partial charge in [0.15, 0.2) is 5.69 Å². The number of hydrogen-bond donors (Lipinski definition) is 0. The van der Waals surface area contributed by atoms with Crippen molar-refractivity contribution in [1.82, 2.24) is 9.97 Å². The van der Waals surface area contributed by atoms with E-state index in [1.165, 1.54) is 6.20 Å². The van der Waals surface area contributed by atoms with Crippen LogP contribution in [0.1, 0.15) is 36.1 Å². The molecule has 20 heavy (non-hydrogen) atoms. The Morgan fingerprint density at radius 3 is 2.65 bits per heavy atom. The fourth-order valence-corrected chi connectivity index (χ4v) is 1.48. The molecule has 1 aromatic heterocycles. The maximum absolute atomic E-state index is 11.9. The van der Waals surface area contributed by atoms with Gasteiger partial charge in [-0.15, -0.1) is 0 Å². The molecule has 1 rings (SSSR count). The number of halogens is 1. The summed E-state index contributed by atoms with van der Waals surface area (Å²) in [4.78, 5) is 20.0. The molecule has 6 nitrogen and oxygen atoms in total. The highest BCUT2D eigenvalue weighted by Crippen LogP contribution is 2.17. The molecule has 0 aliphatic rings. The third-order valence-electron chi connectivity index (χ3n) is 2.37. The molecule has 0 aromatic carbocycles. The molecule has 112 valence electrons. The molecule has 0 amide bonds. The van der Waals surface area contributed by atoms with Crippen LogP contribution in [0, 0.1) is 0 Å². The SMILES string of the molecule is COCCOCCOC(=O)c1nc(C(C)C)ncc1Cl. The molecule has 0 fully saturated rings. The van der Waals surface area contributed by atoms with Crippen molar-refractivity contribution in [3.63, 3.8) is 0 Å². The summed E-state index contributed by atoms with van der Waals surface area (Å²) < 4.78 is 15.1. The van der Waals surface area contributed by atoms with E-state index in [9.17, 15) is 4.79 Å². The average Bonchev–Trinajstić information content (AvgIpc) is 2.42. The minimum Gasteiger partial charge on any atom is -0.458 e. The van der Waals surface area contributed by atoms with Crippen LogP contribution in [0.25, 0.3) is 0 Å². The number of hydrogen-bond acceptors (Lipinski definition) is 6. The Balaban J connectivity index is 2.48. The van der Waals surface area contributed by atoms with Crippen LogP contribution in [-0.2, 0) is 14.2 Å². The molecule has 0 N–H and O–H groups in total. The van der Waals surface area contributed by atoms with Gasteiger partial charge in [-0.3, -0.25) is 0 Å². The van der Waals surface area contributed by atoms with E-state index in [1.54, 1.807) is 7.11 Å². The Morgan fingerprint density at radius 2 is 2.00 bits per heavy atom. The van der Waals surface area contributed by atoms with Crippen LogP contribution in [-0.4, -0.2) is 49.5 Å². The van der Waals surface area contributed by atoms with E-state index in [4.69, 9.17) is 25.8 Å². The molecular formula is C13H19ClN2O4.